The van der Waals surface area contributed by atoms with Crippen LogP contribution in [0.15, 0.2) is 48.6 Å². The molecule has 1 atom stereocenters. The van der Waals surface area contributed by atoms with Crippen LogP contribution in [-0.4, -0.2) is 37.2 Å². The fraction of sp³-hybridized carbons (Fsp3) is 0.804. The first-order valence-corrected chi connectivity index (χ1v) is 26.6. The van der Waals surface area contributed by atoms with Gasteiger partial charge in [-0.05, 0) is 96.3 Å². The summed E-state index contributed by atoms with van der Waals surface area (Å²) in [7, 11) is 0. The predicted octanol–water partition coefficient (Wildman–Crippen LogP) is 17.5. The summed E-state index contributed by atoms with van der Waals surface area (Å²) in [6.45, 7) is 6.55. The molecule has 0 saturated carbocycles. The zero-order valence-corrected chi connectivity index (χ0v) is 41.1. The van der Waals surface area contributed by atoms with Crippen molar-refractivity contribution in [2.75, 3.05) is 13.2 Å². The second kappa shape index (κ2) is 51.0. The molecule has 0 heterocycles. The second-order valence-electron chi connectivity index (χ2n) is 17.8. The summed E-state index contributed by atoms with van der Waals surface area (Å²) < 4.78 is 16.8. The fourth-order valence-corrected chi connectivity index (χ4v) is 7.47. The second-order valence-corrected chi connectivity index (χ2v) is 17.8. The van der Waals surface area contributed by atoms with Crippen molar-refractivity contribution in [3.8, 4) is 0 Å². The molecule has 0 fully saturated rings. The van der Waals surface area contributed by atoms with Crippen LogP contribution in [0.2, 0.25) is 0 Å². The number of carbonyl (C=O) groups excluding carboxylic acids is 3. The van der Waals surface area contributed by atoms with Gasteiger partial charge < -0.3 is 14.2 Å². The maximum Gasteiger partial charge on any atom is 0.306 e. The first kappa shape index (κ1) is 59.4. The highest BCUT2D eigenvalue weighted by atomic mass is 16.6. The van der Waals surface area contributed by atoms with E-state index in [9.17, 15) is 14.4 Å². The minimum atomic E-state index is -0.783. The van der Waals surface area contributed by atoms with Gasteiger partial charge in [0.2, 0.25) is 0 Å². The van der Waals surface area contributed by atoms with Crippen molar-refractivity contribution in [3.63, 3.8) is 0 Å². The monoisotopic (exact) mass is 869 g/mol. The molecule has 0 aromatic heterocycles. The van der Waals surface area contributed by atoms with Gasteiger partial charge in [0.25, 0.3) is 0 Å². The van der Waals surface area contributed by atoms with Crippen LogP contribution < -0.4 is 0 Å². The molecule has 360 valence electrons. The molecule has 0 spiro atoms. The number of ether oxygens (including phenoxy) is 3. The number of esters is 3. The van der Waals surface area contributed by atoms with Crippen molar-refractivity contribution < 1.29 is 28.6 Å². The van der Waals surface area contributed by atoms with Gasteiger partial charge in [-0.15, -0.1) is 0 Å². The smallest absolute Gasteiger partial charge is 0.306 e. The third-order valence-electron chi connectivity index (χ3n) is 11.5. The van der Waals surface area contributed by atoms with Crippen molar-refractivity contribution in [1.29, 1.82) is 0 Å². The highest BCUT2D eigenvalue weighted by molar-refractivity contribution is 5.71. The van der Waals surface area contributed by atoms with E-state index in [1.165, 1.54) is 135 Å². The molecule has 0 N–H and O–H groups in total. The van der Waals surface area contributed by atoms with Gasteiger partial charge in [0, 0.05) is 19.3 Å². The Hall–Kier alpha value is -2.63. The van der Waals surface area contributed by atoms with Crippen molar-refractivity contribution in [2.45, 2.75) is 277 Å². The largest absolute Gasteiger partial charge is 0.462 e. The summed E-state index contributed by atoms with van der Waals surface area (Å²) in [5.41, 5.74) is 0. The number of carbonyl (C=O) groups is 3. The van der Waals surface area contributed by atoms with Gasteiger partial charge in [0.1, 0.15) is 13.2 Å². The predicted molar refractivity (Wildman–Crippen MR) is 265 cm³/mol. The van der Waals surface area contributed by atoms with E-state index in [2.05, 4.69) is 69.4 Å². The molecule has 0 aliphatic carbocycles. The molecule has 0 saturated heterocycles. The Balaban J connectivity index is 4.36. The number of hydrogen-bond donors (Lipinski definition) is 0. The fourth-order valence-electron chi connectivity index (χ4n) is 7.47. The molecule has 0 aromatic carbocycles. The van der Waals surface area contributed by atoms with Crippen LogP contribution in [-0.2, 0) is 28.6 Å². The maximum atomic E-state index is 12.8. The van der Waals surface area contributed by atoms with E-state index in [0.29, 0.717) is 19.3 Å². The van der Waals surface area contributed by atoms with E-state index in [1.54, 1.807) is 0 Å². The van der Waals surface area contributed by atoms with Gasteiger partial charge >= 0.3 is 17.9 Å². The van der Waals surface area contributed by atoms with E-state index < -0.39 is 6.10 Å². The van der Waals surface area contributed by atoms with Gasteiger partial charge in [0.05, 0.1) is 0 Å². The van der Waals surface area contributed by atoms with E-state index in [4.69, 9.17) is 14.2 Å². The molecule has 0 aromatic rings. The van der Waals surface area contributed by atoms with Crippen LogP contribution in [0.5, 0.6) is 0 Å². The van der Waals surface area contributed by atoms with Gasteiger partial charge in [-0.1, -0.05) is 204 Å². The summed E-state index contributed by atoms with van der Waals surface area (Å²) >= 11 is 0. The lowest BCUT2D eigenvalue weighted by Gasteiger charge is -2.18. The van der Waals surface area contributed by atoms with Gasteiger partial charge in [-0.2, -0.15) is 0 Å². The topological polar surface area (TPSA) is 78.9 Å². The summed E-state index contributed by atoms with van der Waals surface area (Å²) in [4.78, 5) is 38.0. The third-order valence-corrected chi connectivity index (χ3v) is 11.5. The molecule has 0 amide bonds. The van der Waals surface area contributed by atoms with Crippen LogP contribution in [0.4, 0.5) is 0 Å². The first-order valence-electron chi connectivity index (χ1n) is 26.6. The van der Waals surface area contributed by atoms with Crippen molar-refractivity contribution in [1.82, 2.24) is 0 Å². The van der Waals surface area contributed by atoms with Crippen LogP contribution in [0.3, 0.4) is 0 Å². The Morgan fingerprint density at radius 3 is 0.984 bits per heavy atom. The standard InChI is InChI=1S/C56H100O6/c1-4-7-10-13-16-19-22-25-26-27-28-29-32-34-37-40-43-46-49-55(58)61-52-53(62-56(59)50-47-44-41-38-35-31-24-21-18-15-12-9-6-3)51-60-54(57)48-45-42-39-36-33-30-23-20-17-14-11-8-5-2/h12,15,20-21,23-24,26-27,53H,4-11,13-14,16-19,22,25,28-52H2,1-3H3/b15-12-,23-20-,24-21-,27-26-. The average molecular weight is 869 g/mol. The van der Waals surface area contributed by atoms with E-state index in [-0.39, 0.29) is 31.1 Å². The molecule has 0 bridgehead atoms. The summed E-state index contributed by atoms with van der Waals surface area (Å²) in [6.07, 6.45) is 60.9. The lowest BCUT2D eigenvalue weighted by Crippen LogP contribution is -2.30. The minimum Gasteiger partial charge on any atom is -0.462 e. The average Bonchev–Trinajstić information content (AvgIpc) is 3.27. The van der Waals surface area contributed by atoms with Gasteiger partial charge in [-0.25, -0.2) is 0 Å². The van der Waals surface area contributed by atoms with E-state index in [1.807, 2.05) is 0 Å². The number of allylic oxidation sites excluding steroid dienone is 8. The molecular weight excluding hydrogens is 769 g/mol. The molecular formula is C56H100O6. The van der Waals surface area contributed by atoms with Crippen LogP contribution in [0.25, 0.3) is 0 Å². The van der Waals surface area contributed by atoms with Crippen LogP contribution >= 0.6 is 0 Å². The molecule has 0 aliphatic heterocycles. The summed E-state index contributed by atoms with van der Waals surface area (Å²) in [5, 5.41) is 0. The Labute approximate surface area is 384 Å². The Morgan fingerprint density at radius 2 is 0.613 bits per heavy atom. The normalized spacial score (nSPS) is 12.4. The maximum absolute atomic E-state index is 12.8. The lowest BCUT2D eigenvalue weighted by atomic mass is 10.1. The van der Waals surface area contributed by atoms with E-state index in [0.717, 1.165) is 96.3 Å². The SMILES string of the molecule is CCC/C=C\C/C=C\CCCCCCCC(=O)OC(COC(=O)CCCCCCC/C=C\CCCCCC)COC(=O)CCCCCCCCC/C=C\CCCCCCCCC. The first-order chi connectivity index (χ1) is 30.5. The molecule has 62 heavy (non-hydrogen) atoms. The van der Waals surface area contributed by atoms with Crippen LogP contribution in [0.1, 0.15) is 271 Å². The molecule has 0 aliphatic rings. The summed E-state index contributed by atoms with van der Waals surface area (Å²) in [6, 6.07) is 0. The number of unbranched alkanes of at least 4 members (excludes halogenated alkanes) is 29. The molecule has 1 unspecified atom stereocenters. The number of rotatable bonds is 48. The molecule has 6 nitrogen and oxygen atoms in total. The Kier molecular flexibility index (Phi) is 48.8. The minimum absolute atomic E-state index is 0.0829. The summed E-state index contributed by atoms with van der Waals surface area (Å²) in [5.74, 6) is -0.903. The van der Waals surface area contributed by atoms with E-state index >= 15 is 0 Å². The molecule has 0 radical (unpaired) electrons. The van der Waals surface area contributed by atoms with Crippen molar-refractivity contribution >= 4 is 17.9 Å². The van der Waals surface area contributed by atoms with Crippen molar-refractivity contribution in [2.24, 2.45) is 0 Å². The zero-order chi connectivity index (χ0) is 45.1. The third kappa shape index (κ3) is 48.4. The van der Waals surface area contributed by atoms with Crippen molar-refractivity contribution in [3.05, 3.63) is 48.6 Å². The highest BCUT2D eigenvalue weighted by Gasteiger charge is 2.19. The Morgan fingerprint density at radius 1 is 0.323 bits per heavy atom. The van der Waals surface area contributed by atoms with Gasteiger partial charge in [-0.3, -0.25) is 14.4 Å². The lowest BCUT2D eigenvalue weighted by molar-refractivity contribution is -0.167. The highest BCUT2D eigenvalue weighted by Crippen LogP contribution is 2.15. The van der Waals surface area contributed by atoms with Gasteiger partial charge in [0.15, 0.2) is 6.10 Å². The zero-order valence-electron chi connectivity index (χ0n) is 41.1. The van der Waals surface area contributed by atoms with Crippen LogP contribution in [0, 0.1) is 0 Å². The molecule has 6 heteroatoms. The molecule has 0 rings (SSSR count). The number of hydrogen-bond acceptors (Lipinski definition) is 6. The Bertz CT molecular complexity index is 1090. The quantitative estimate of drug-likeness (QED) is 0.0262.